The summed E-state index contributed by atoms with van der Waals surface area (Å²) in [6.45, 7) is 0. The van der Waals surface area contributed by atoms with Crippen molar-refractivity contribution in [2.75, 3.05) is 24.3 Å². The van der Waals surface area contributed by atoms with Crippen LogP contribution in [0.1, 0.15) is 18.4 Å². The summed E-state index contributed by atoms with van der Waals surface area (Å²) in [6, 6.07) is 15.9. The van der Waals surface area contributed by atoms with E-state index >= 15 is 0 Å². The minimum atomic E-state index is -1.06. The molecule has 0 aliphatic carbocycles. The van der Waals surface area contributed by atoms with Crippen molar-refractivity contribution in [2.45, 2.75) is 25.3 Å². The number of amides is 2. The van der Waals surface area contributed by atoms with Crippen LogP contribution in [-0.4, -0.2) is 43.0 Å². The van der Waals surface area contributed by atoms with Crippen LogP contribution in [0.4, 0.5) is 11.4 Å². The van der Waals surface area contributed by atoms with Crippen molar-refractivity contribution in [3.8, 4) is 0 Å². The van der Waals surface area contributed by atoms with Crippen LogP contribution in [0.3, 0.4) is 0 Å². The van der Waals surface area contributed by atoms with Crippen LogP contribution < -0.4 is 15.5 Å². The van der Waals surface area contributed by atoms with Crippen LogP contribution in [-0.2, 0) is 20.8 Å². The molecule has 2 rings (SSSR count). The molecule has 2 amide bonds. The van der Waals surface area contributed by atoms with Crippen LogP contribution in [0.15, 0.2) is 54.6 Å². The highest BCUT2D eigenvalue weighted by Crippen LogP contribution is 2.16. The second-order valence-electron chi connectivity index (χ2n) is 6.63. The standard InChI is InChI=1S/C21H25N3O4/c1-24(2)17-10-8-16(9-11-17)22-21(28)18(14-15-6-4-3-5-7-15)23-19(25)12-13-20(26)27/h3-11,18H,12-14H2,1-2H3,(H,22,28)(H,23,25)(H,26,27)/t18-/m1/s1. The van der Waals surface area contributed by atoms with Crippen molar-refractivity contribution in [1.82, 2.24) is 5.32 Å². The highest BCUT2D eigenvalue weighted by molar-refractivity contribution is 5.97. The normalized spacial score (nSPS) is 11.4. The molecule has 148 valence electrons. The van der Waals surface area contributed by atoms with Gasteiger partial charge >= 0.3 is 5.97 Å². The zero-order valence-electron chi connectivity index (χ0n) is 16.0. The van der Waals surface area contributed by atoms with E-state index in [0.717, 1.165) is 11.3 Å². The van der Waals surface area contributed by atoms with Crippen LogP contribution >= 0.6 is 0 Å². The highest BCUT2D eigenvalue weighted by atomic mass is 16.4. The second-order valence-corrected chi connectivity index (χ2v) is 6.63. The minimum absolute atomic E-state index is 0.175. The Hall–Kier alpha value is -3.35. The third-order valence-corrected chi connectivity index (χ3v) is 4.15. The van der Waals surface area contributed by atoms with Gasteiger partial charge in [0.15, 0.2) is 0 Å². The molecule has 2 aromatic carbocycles. The first-order valence-corrected chi connectivity index (χ1v) is 8.98. The van der Waals surface area contributed by atoms with Gasteiger partial charge in [-0.25, -0.2) is 0 Å². The molecule has 0 bridgehead atoms. The molecule has 0 aromatic heterocycles. The molecule has 28 heavy (non-hydrogen) atoms. The average molecular weight is 383 g/mol. The fourth-order valence-corrected chi connectivity index (χ4v) is 2.62. The van der Waals surface area contributed by atoms with Gasteiger partial charge in [-0.1, -0.05) is 30.3 Å². The molecule has 0 unspecified atom stereocenters. The summed E-state index contributed by atoms with van der Waals surface area (Å²) in [4.78, 5) is 37.4. The van der Waals surface area contributed by atoms with Crippen molar-refractivity contribution in [2.24, 2.45) is 0 Å². The van der Waals surface area contributed by atoms with E-state index in [1.54, 1.807) is 12.1 Å². The predicted octanol–water partition coefficient (Wildman–Crippen LogP) is 2.28. The maximum absolute atomic E-state index is 12.8. The van der Waals surface area contributed by atoms with Crippen molar-refractivity contribution in [1.29, 1.82) is 0 Å². The van der Waals surface area contributed by atoms with Crippen LogP contribution in [0.2, 0.25) is 0 Å². The van der Waals surface area contributed by atoms with Gasteiger partial charge in [0, 0.05) is 38.3 Å². The van der Waals surface area contributed by atoms with Crippen molar-refractivity contribution in [3.63, 3.8) is 0 Å². The van der Waals surface area contributed by atoms with Gasteiger partial charge in [-0.3, -0.25) is 14.4 Å². The molecule has 0 fully saturated rings. The molecular weight excluding hydrogens is 358 g/mol. The Morgan fingerprint density at radius 1 is 0.964 bits per heavy atom. The number of nitrogens with one attached hydrogen (secondary N) is 2. The first-order valence-electron chi connectivity index (χ1n) is 8.98. The van der Waals surface area contributed by atoms with Gasteiger partial charge in [-0.15, -0.1) is 0 Å². The van der Waals surface area contributed by atoms with E-state index in [0.29, 0.717) is 12.1 Å². The Balaban J connectivity index is 2.08. The number of carbonyl (C=O) groups excluding carboxylic acids is 2. The number of hydrogen-bond donors (Lipinski definition) is 3. The van der Waals surface area contributed by atoms with E-state index in [-0.39, 0.29) is 18.7 Å². The third kappa shape index (κ3) is 6.75. The van der Waals surface area contributed by atoms with Gasteiger partial charge in [0.1, 0.15) is 6.04 Å². The van der Waals surface area contributed by atoms with Crippen molar-refractivity contribution < 1.29 is 19.5 Å². The second kappa shape index (κ2) is 10.1. The molecule has 3 N–H and O–H groups in total. The van der Waals surface area contributed by atoms with Crippen molar-refractivity contribution >= 4 is 29.2 Å². The van der Waals surface area contributed by atoms with Gasteiger partial charge in [0.25, 0.3) is 0 Å². The molecule has 0 saturated carbocycles. The fourth-order valence-electron chi connectivity index (χ4n) is 2.62. The highest BCUT2D eigenvalue weighted by Gasteiger charge is 2.21. The number of benzene rings is 2. The molecular formula is C21H25N3O4. The number of nitrogens with zero attached hydrogens (tertiary/aromatic N) is 1. The molecule has 0 spiro atoms. The molecule has 0 aliphatic heterocycles. The molecule has 2 aromatic rings. The SMILES string of the molecule is CN(C)c1ccc(NC(=O)[C@@H](Cc2ccccc2)NC(=O)CCC(=O)O)cc1. The third-order valence-electron chi connectivity index (χ3n) is 4.15. The Bertz CT molecular complexity index is 804. The molecule has 0 aliphatic rings. The lowest BCUT2D eigenvalue weighted by Gasteiger charge is -2.19. The average Bonchev–Trinajstić information content (AvgIpc) is 2.67. The van der Waals surface area contributed by atoms with Crippen LogP contribution in [0.25, 0.3) is 0 Å². The van der Waals surface area contributed by atoms with Crippen LogP contribution in [0.5, 0.6) is 0 Å². The summed E-state index contributed by atoms with van der Waals surface area (Å²) in [5, 5.41) is 14.2. The van der Waals surface area contributed by atoms with E-state index in [9.17, 15) is 14.4 Å². The topological polar surface area (TPSA) is 98.7 Å². The maximum Gasteiger partial charge on any atom is 0.303 e. The number of carboxylic acids is 1. The molecule has 0 radical (unpaired) electrons. The van der Waals surface area contributed by atoms with E-state index in [4.69, 9.17) is 5.11 Å². The first-order chi connectivity index (χ1) is 13.3. The summed E-state index contributed by atoms with van der Waals surface area (Å²) in [5.74, 6) is -1.88. The minimum Gasteiger partial charge on any atom is -0.481 e. The van der Waals surface area contributed by atoms with Gasteiger partial charge in [0.05, 0.1) is 6.42 Å². The summed E-state index contributed by atoms with van der Waals surface area (Å²) in [7, 11) is 3.85. The Morgan fingerprint density at radius 2 is 1.61 bits per heavy atom. The van der Waals surface area contributed by atoms with E-state index in [1.165, 1.54) is 0 Å². The monoisotopic (exact) mass is 383 g/mol. The van der Waals surface area contributed by atoms with Gasteiger partial charge < -0.3 is 20.6 Å². The smallest absolute Gasteiger partial charge is 0.303 e. The number of aliphatic carboxylic acids is 1. The Labute approximate surface area is 164 Å². The summed E-state index contributed by atoms with van der Waals surface area (Å²) < 4.78 is 0. The van der Waals surface area contributed by atoms with Crippen molar-refractivity contribution in [3.05, 3.63) is 60.2 Å². The lowest BCUT2D eigenvalue weighted by Crippen LogP contribution is -2.45. The van der Waals surface area contributed by atoms with Gasteiger partial charge in [-0.2, -0.15) is 0 Å². The number of carbonyl (C=O) groups is 3. The molecule has 0 heterocycles. The van der Waals surface area contributed by atoms with Gasteiger partial charge in [-0.05, 0) is 29.8 Å². The van der Waals surface area contributed by atoms with E-state index < -0.39 is 17.9 Å². The molecule has 7 heteroatoms. The summed E-state index contributed by atoms with van der Waals surface area (Å²) in [6.07, 6.45) is -0.149. The number of carboxylic acid groups (broad SMARTS) is 1. The molecule has 0 saturated heterocycles. The van der Waals surface area contributed by atoms with Gasteiger partial charge in [0.2, 0.25) is 11.8 Å². The van der Waals surface area contributed by atoms with Crippen LogP contribution in [0, 0.1) is 0 Å². The Kier molecular flexibility index (Phi) is 7.56. The fraction of sp³-hybridized carbons (Fsp3) is 0.286. The predicted molar refractivity (Wildman–Crippen MR) is 108 cm³/mol. The number of rotatable bonds is 9. The van der Waals surface area contributed by atoms with E-state index in [2.05, 4.69) is 10.6 Å². The molecule has 7 nitrogen and oxygen atoms in total. The lowest BCUT2D eigenvalue weighted by atomic mass is 10.0. The maximum atomic E-state index is 12.8. The summed E-state index contributed by atoms with van der Waals surface area (Å²) >= 11 is 0. The largest absolute Gasteiger partial charge is 0.481 e. The number of hydrogen-bond acceptors (Lipinski definition) is 4. The molecule has 1 atom stereocenters. The first kappa shape index (κ1) is 21.0. The summed E-state index contributed by atoms with van der Waals surface area (Å²) in [5.41, 5.74) is 2.51. The zero-order valence-corrected chi connectivity index (χ0v) is 16.0. The Morgan fingerprint density at radius 3 is 2.18 bits per heavy atom. The lowest BCUT2D eigenvalue weighted by molar-refractivity contribution is -0.139. The zero-order chi connectivity index (χ0) is 20.5. The quantitative estimate of drug-likeness (QED) is 0.617. The van der Waals surface area contributed by atoms with E-state index in [1.807, 2.05) is 61.5 Å². The number of anilines is 2.